The van der Waals surface area contributed by atoms with Gasteiger partial charge in [-0.3, -0.25) is 19.7 Å². The Labute approximate surface area is 205 Å². The minimum atomic E-state index is -1.12. The first-order valence-corrected chi connectivity index (χ1v) is 12.6. The van der Waals surface area contributed by atoms with Gasteiger partial charge in [-0.2, -0.15) is 0 Å². The third-order valence-electron chi connectivity index (χ3n) is 7.96. The first kappa shape index (κ1) is 25.2. The summed E-state index contributed by atoms with van der Waals surface area (Å²) in [6.07, 6.45) is 1.91. The number of carbonyl (C=O) groups excluding carboxylic acids is 2. The molecule has 5 atom stereocenters. The van der Waals surface area contributed by atoms with Crippen molar-refractivity contribution in [3.63, 3.8) is 0 Å². The summed E-state index contributed by atoms with van der Waals surface area (Å²) < 4.78 is 0. The first-order valence-electron chi connectivity index (χ1n) is 12.6. The van der Waals surface area contributed by atoms with Crippen LogP contribution in [0.2, 0.25) is 0 Å². The van der Waals surface area contributed by atoms with E-state index in [1.807, 2.05) is 30.3 Å². The smallest absolute Gasteiger partial charge is 0.407 e. The van der Waals surface area contributed by atoms with Gasteiger partial charge >= 0.3 is 6.09 Å². The van der Waals surface area contributed by atoms with Crippen molar-refractivity contribution in [1.29, 1.82) is 0 Å². The van der Waals surface area contributed by atoms with Crippen molar-refractivity contribution in [3.05, 3.63) is 30.3 Å². The van der Waals surface area contributed by atoms with Crippen LogP contribution in [0.4, 0.5) is 10.5 Å². The number of amides is 3. The van der Waals surface area contributed by atoms with Crippen LogP contribution in [0.25, 0.3) is 0 Å². The summed E-state index contributed by atoms with van der Waals surface area (Å²) in [4.78, 5) is 43.6. The van der Waals surface area contributed by atoms with Crippen molar-refractivity contribution in [3.8, 4) is 0 Å². The monoisotopic (exact) mass is 488 g/mol. The Hall–Kier alpha value is -2.85. The summed E-state index contributed by atoms with van der Waals surface area (Å²) >= 11 is 0. The molecule has 0 bridgehead atoms. The molecule has 2 aliphatic carbocycles. The summed E-state index contributed by atoms with van der Waals surface area (Å²) in [6, 6.07) is 9.00. The van der Waals surface area contributed by atoms with Crippen LogP contribution < -0.4 is 10.4 Å². The van der Waals surface area contributed by atoms with Crippen molar-refractivity contribution in [2.75, 3.05) is 31.1 Å². The summed E-state index contributed by atoms with van der Waals surface area (Å²) in [7, 11) is 0. The number of aliphatic hydroxyl groups excluding tert-OH is 1. The van der Waals surface area contributed by atoms with Gasteiger partial charge in [0, 0.05) is 43.8 Å². The predicted molar refractivity (Wildman–Crippen MR) is 128 cm³/mol. The van der Waals surface area contributed by atoms with Gasteiger partial charge < -0.3 is 20.0 Å². The second-order valence-corrected chi connectivity index (χ2v) is 9.91. The van der Waals surface area contributed by atoms with Crippen LogP contribution in [-0.4, -0.2) is 87.5 Å². The molecule has 4 N–H and O–H groups in total. The Balaban J connectivity index is 1.44. The predicted octanol–water partition coefficient (Wildman–Crippen LogP) is 1.91. The molecule has 2 saturated carbocycles. The zero-order chi connectivity index (χ0) is 24.9. The van der Waals surface area contributed by atoms with Crippen LogP contribution in [0, 0.1) is 11.8 Å². The highest BCUT2D eigenvalue weighted by atomic mass is 16.5. The van der Waals surface area contributed by atoms with Gasteiger partial charge in [0.2, 0.25) is 11.8 Å². The van der Waals surface area contributed by atoms with E-state index in [0.717, 1.165) is 18.5 Å². The van der Waals surface area contributed by atoms with Gasteiger partial charge in [0.25, 0.3) is 0 Å². The van der Waals surface area contributed by atoms with Crippen molar-refractivity contribution in [2.24, 2.45) is 11.8 Å². The van der Waals surface area contributed by atoms with E-state index in [2.05, 4.69) is 4.90 Å². The second kappa shape index (κ2) is 11.3. The average molecular weight is 489 g/mol. The van der Waals surface area contributed by atoms with Crippen LogP contribution in [0.1, 0.15) is 44.9 Å². The highest BCUT2D eigenvalue weighted by Gasteiger charge is 2.46. The number of carboxylic acid groups (broad SMARTS) is 1. The lowest BCUT2D eigenvalue weighted by atomic mass is 9.74. The van der Waals surface area contributed by atoms with E-state index in [9.17, 15) is 29.8 Å². The van der Waals surface area contributed by atoms with E-state index < -0.39 is 42.0 Å². The lowest BCUT2D eigenvalue weighted by Gasteiger charge is -2.45. The maximum absolute atomic E-state index is 13.5. The second-order valence-electron chi connectivity index (χ2n) is 9.91. The van der Waals surface area contributed by atoms with E-state index in [0.29, 0.717) is 51.9 Å². The molecule has 3 aliphatic rings. The molecule has 3 amide bonds. The van der Waals surface area contributed by atoms with E-state index in [4.69, 9.17) is 0 Å². The number of benzene rings is 1. The molecule has 0 spiro atoms. The van der Waals surface area contributed by atoms with Crippen LogP contribution in [0.5, 0.6) is 0 Å². The maximum atomic E-state index is 13.5. The molecule has 1 aromatic carbocycles. The number of rotatable bonds is 5. The van der Waals surface area contributed by atoms with Crippen LogP contribution in [-0.2, 0) is 9.59 Å². The Kier molecular flexibility index (Phi) is 8.12. The van der Waals surface area contributed by atoms with Gasteiger partial charge in [-0.05, 0) is 44.2 Å². The van der Waals surface area contributed by atoms with Gasteiger partial charge in [-0.1, -0.05) is 31.0 Å². The summed E-state index contributed by atoms with van der Waals surface area (Å²) in [5.74, 6) is -2.23. The van der Waals surface area contributed by atoms with Crippen molar-refractivity contribution < 1.29 is 29.8 Å². The molecule has 1 heterocycles. The number of aliphatic hydroxyl groups is 1. The Bertz CT molecular complexity index is 891. The lowest BCUT2D eigenvalue weighted by Crippen LogP contribution is -2.57. The number of carbonyl (C=O) groups is 3. The normalized spacial score (nSPS) is 29.4. The van der Waals surface area contributed by atoms with E-state index >= 15 is 0 Å². The van der Waals surface area contributed by atoms with Crippen molar-refractivity contribution >= 4 is 23.6 Å². The summed E-state index contributed by atoms with van der Waals surface area (Å²) in [5.41, 5.74) is 2.80. The molecule has 0 radical (unpaired) electrons. The standard InChI is InChI=1S/C25H36N4O6/c30-22-9-5-4-8-21(22)29(25(33)34)18-10-11-19(20(16-18)23(31)26-35)24(32)28-14-12-27(13-15-28)17-6-2-1-3-7-17/h1-3,6-7,18-22,30,35H,4-5,8-16H2,(H,26,31)(H,33,34)/t18-,19+,20+,21?,22-/m1/s1. The molecule has 1 aliphatic heterocycles. The highest BCUT2D eigenvalue weighted by molar-refractivity contribution is 5.87. The van der Waals surface area contributed by atoms with Gasteiger partial charge in [0.05, 0.1) is 18.1 Å². The fourth-order valence-corrected chi connectivity index (χ4v) is 6.11. The fourth-order valence-electron chi connectivity index (χ4n) is 6.11. The number of nitrogens with zero attached hydrogens (tertiary/aromatic N) is 3. The zero-order valence-corrected chi connectivity index (χ0v) is 20.0. The van der Waals surface area contributed by atoms with Crippen LogP contribution >= 0.6 is 0 Å². The van der Waals surface area contributed by atoms with Crippen molar-refractivity contribution in [2.45, 2.75) is 63.1 Å². The third-order valence-corrected chi connectivity index (χ3v) is 7.96. The minimum absolute atomic E-state index is 0.121. The number of para-hydroxylation sites is 1. The van der Waals surface area contributed by atoms with Gasteiger partial charge in [-0.25, -0.2) is 10.3 Å². The molecular formula is C25H36N4O6. The molecule has 10 heteroatoms. The van der Waals surface area contributed by atoms with E-state index in [-0.39, 0.29) is 12.3 Å². The van der Waals surface area contributed by atoms with E-state index in [1.54, 1.807) is 10.4 Å². The number of hydrogen-bond acceptors (Lipinski definition) is 6. The molecule has 0 aromatic heterocycles. The molecule has 1 aromatic rings. The van der Waals surface area contributed by atoms with E-state index in [1.165, 1.54) is 4.90 Å². The first-order chi connectivity index (χ1) is 16.9. The SMILES string of the molecule is O=C(NO)[C@H]1C[C@H](N(C(=O)O)C2CCCC[C@H]2O)CC[C@@H]1C(=O)N1CCN(c2ccccc2)CC1. The number of anilines is 1. The Morgan fingerprint density at radius 3 is 2.23 bits per heavy atom. The maximum Gasteiger partial charge on any atom is 0.407 e. The molecule has 10 nitrogen and oxygen atoms in total. The third kappa shape index (κ3) is 5.54. The van der Waals surface area contributed by atoms with Gasteiger partial charge in [0.1, 0.15) is 0 Å². The van der Waals surface area contributed by atoms with Crippen molar-refractivity contribution in [1.82, 2.24) is 15.3 Å². The number of hydrogen-bond donors (Lipinski definition) is 4. The van der Waals surface area contributed by atoms with Gasteiger partial charge in [-0.15, -0.1) is 0 Å². The van der Waals surface area contributed by atoms with Gasteiger partial charge in [0.15, 0.2) is 0 Å². The number of nitrogens with one attached hydrogen (secondary N) is 1. The molecular weight excluding hydrogens is 452 g/mol. The zero-order valence-electron chi connectivity index (χ0n) is 20.0. The fraction of sp³-hybridized carbons (Fsp3) is 0.640. The largest absolute Gasteiger partial charge is 0.465 e. The highest BCUT2D eigenvalue weighted by Crippen LogP contribution is 2.37. The topological polar surface area (TPSA) is 134 Å². The Morgan fingerprint density at radius 1 is 0.914 bits per heavy atom. The van der Waals surface area contributed by atoms with Crippen LogP contribution in [0.15, 0.2) is 30.3 Å². The molecule has 1 saturated heterocycles. The quantitative estimate of drug-likeness (QED) is 0.367. The number of hydroxylamine groups is 1. The molecule has 3 fully saturated rings. The molecule has 1 unspecified atom stereocenters. The average Bonchev–Trinajstić information content (AvgIpc) is 2.89. The molecule has 35 heavy (non-hydrogen) atoms. The Morgan fingerprint density at radius 2 is 1.60 bits per heavy atom. The molecule has 4 rings (SSSR count). The summed E-state index contributed by atoms with van der Waals surface area (Å²) in [6.45, 7) is 2.45. The minimum Gasteiger partial charge on any atom is -0.465 e. The summed E-state index contributed by atoms with van der Waals surface area (Å²) in [5, 5.41) is 29.8. The number of piperazine rings is 1. The lowest BCUT2D eigenvalue weighted by molar-refractivity contribution is -0.148. The van der Waals surface area contributed by atoms with Crippen LogP contribution in [0.3, 0.4) is 0 Å². The molecule has 192 valence electrons.